The summed E-state index contributed by atoms with van der Waals surface area (Å²) in [6.07, 6.45) is 1.88. The molecule has 0 saturated heterocycles. The molecule has 10 aromatic rings. The smallest absolute Gasteiger partial charge is 0.124 e. The maximum atomic E-state index is 4.65. The third-order valence-corrected chi connectivity index (χ3v) is 11.8. The Kier molecular flexibility index (Phi) is 6.57. The molecule has 0 unspecified atom stereocenters. The van der Waals surface area contributed by atoms with Gasteiger partial charge in [-0.1, -0.05) is 103 Å². The highest BCUT2D eigenvalue weighted by molar-refractivity contribution is 7.26. The van der Waals surface area contributed by atoms with Crippen molar-refractivity contribution in [3.63, 3.8) is 0 Å². The van der Waals surface area contributed by atoms with Gasteiger partial charge < -0.3 is 4.90 Å². The summed E-state index contributed by atoms with van der Waals surface area (Å²) in [4.78, 5) is 8.15. The van der Waals surface area contributed by atoms with Gasteiger partial charge in [-0.05, 0) is 93.7 Å². The number of aromatic nitrogens is 1. The summed E-state index contributed by atoms with van der Waals surface area (Å²) in [6.45, 7) is 0. The van der Waals surface area contributed by atoms with Gasteiger partial charge in [0.05, 0.1) is 5.69 Å². The number of benzene rings is 7. The maximum Gasteiger partial charge on any atom is 0.124 e. The predicted octanol–water partition coefficient (Wildman–Crippen LogP) is 13.8. The zero-order valence-electron chi connectivity index (χ0n) is 26.4. The summed E-state index contributed by atoms with van der Waals surface area (Å²) in [5.74, 6) is 0. The molecule has 0 atom stereocenters. The van der Waals surface area contributed by atoms with Gasteiger partial charge in [-0.15, -0.1) is 22.7 Å². The van der Waals surface area contributed by atoms with E-state index in [1.54, 1.807) is 11.3 Å². The SMILES string of the molecule is c1ccc2cc(-c3ccc(N(c4ccc(-c5cccc6c5sc5ncccc56)cc4)c4cccc5sc6ccccc6c45)cc3)ccc2c1. The van der Waals surface area contributed by atoms with Crippen molar-refractivity contribution in [2.75, 3.05) is 4.90 Å². The van der Waals surface area contributed by atoms with Crippen LogP contribution in [0.3, 0.4) is 0 Å². The molecule has 49 heavy (non-hydrogen) atoms. The fourth-order valence-corrected chi connectivity index (χ4v) is 9.50. The zero-order valence-corrected chi connectivity index (χ0v) is 28.0. The van der Waals surface area contributed by atoms with Crippen LogP contribution in [0.25, 0.3) is 73.5 Å². The number of pyridine rings is 1. The van der Waals surface area contributed by atoms with Crippen LogP contribution >= 0.6 is 22.7 Å². The minimum Gasteiger partial charge on any atom is -0.310 e. The summed E-state index contributed by atoms with van der Waals surface area (Å²) >= 11 is 3.63. The summed E-state index contributed by atoms with van der Waals surface area (Å²) in [5.41, 5.74) is 8.29. The molecule has 0 bridgehead atoms. The van der Waals surface area contributed by atoms with Crippen molar-refractivity contribution in [3.05, 3.63) is 170 Å². The Hall–Kier alpha value is -5.81. The van der Waals surface area contributed by atoms with E-state index in [4.69, 9.17) is 0 Å². The lowest BCUT2D eigenvalue weighted by Crippen LogP contribution is -2.10. The molecule has 0 amide bonds. The normalized spacial score (nSPS) is 11.7. The molecule has 7 aromatic carbocycles. The average molecular weight is 661 g/mol. The number of nitrogens with zero attached hydrogens (tertiary/aromatic N) is 2. The monoisotopic (exact) mass is 660 g/mol. The lowest BCUT2D eigenvalue weighted by Gasteiger charge is -2.27. The van der Waals surface area contributed by atoms with Crippen LogP contribution in [0.15, 0.2) is 170 Å². The van der Waals surface area contributed by atoms with Gasteiger partial charge in [0.15, 0.2) is 0 Å². The van der Waals surface area contributed by atoms with Gasteiger partial charge in [-0.3, -0.25) is 0 Å². The molecular weight excluding hydrogens is 633 g/mol. The highest BCUT2D eigenvalue weighted by Crippen LogP contribution is 2.46. The van der Waals surface area contributed by atoms with Gasteiger partial charge in [0.1, 0.15) is 4.83 Å². The van der Waals surface area contributed by atoms with E-state index in [0.29, 0.717) is 0 Å². The largest absolute Gasteiger partial charge is 0.310 e. The summed E-state index contributed by atoms with van der Waals surface area (Å²) in [7, 11) is 0. The van der Waals surface area contributed by atoms with Crippen LogP contribution in [-0.2, 0) is 0 Å². The van der Waals surface area contributed by atoms with Crippen LogP contribution in [0.4, 0.5) is 17.1 Å². The molecule has 0 aliphatic rings. The fraction of sp³-hybridized carbons (Fsp3) is 0. The molecule has 10 rings (SSSR count). The Morgan fingerprint density at radius 3 is 1.98 bits per heavy atom. The molecular formula is C45H28N2S2. The average Bonchev–Trinajstić information content (AvgIpc) is 3.74. The van der Waals surface area contributed by atoms with Crippen molar-refractivity contribution in [2.45, 2.75) is 0 Å². The Bertz CT molecular complexity index is 2830. The number of hydrogen-bond acceptors (Lipinski definition) is 4. The second-order valence-electron chi connectivity index (χ2n) is 12.4. The van der Waals surface area contributed by atoms with E-state index < -0.39 is 0 Å². The van der Waals surface area contributed by atoms with E-state index in [9.17, 15) is 0 Å². The number of fused-ring (bicyclic) bond motifs is 7. The third-order valence-electron chi connectivity index (χ3n) is 9.54. The van der Waals surface area contributed by atoms with E-state index in [1.165, 1.54) is 74.4 Å². The molecule has 0 aliphatic carbocycles. The molecule has 3 aromatic heterocycles. The first-order valence-corrected chi connectivity index (χ1v) is 18.1. The highest BCUT2D eigenvalue weighted by atomic mass is 32.1. The van der Waals surface area contributed by atoms with Gasteiger partial charge in [0.2, 0.25) is 0 Å². The number of thiophene rings is 2. The Balaban J connectivity index is 1.12. The van der Waals surface area contributed by atoms with Crippen molar-refractivity contribution in [3.8, 4) is 22.3 Å². The number of anilines is 3. The van der Waals surface area contributed by atoms with Crippen LogP contribution < -0.4 is 4.90 Å². The van der Waals surface area contributed by atoms with Crippen LogP contribution in [-0.4, -0.2) is 4.98 Å². The first-order valence-electron chi connectivity index (χ1n) is 16.4. The predicted molar refractivity (Wildman–Crippen MR) is 213 cm³/mol. The molecule has 0 spiro atoms. The Labute approximate surface area is 291 Å². The van der Waals surface area contributed by atoms with Crippen LogP contribution in [0.2, 0.25) is 0 Å². The van der Waals surface area contributed by atoms with Crippen molar-refractivity contribution in [1.29, 1.82) is 0 Å². The van der Waals surface area contributed by atoms with Gasteiger partial charge in [-0.2, -0.15) is 0 Å². The van der Waals surface area contributed by atoms with Gasteiger partial charge in [0, 0.05) is 53.2 Å². The fourth-order valence-electron chi connectivity index (χ4n) is 7.19. The van der Waals surface area contributed by atoms with Crippen LogP contribution in [0, 0.1) is 0 Å². The number of rotatable bonds is 5. The molecule has 0 saturated carbocycles. The maximum absolute atomic E-state index is 4.65. The van der Waals surface area contributed by atoms with Crippen LogP contribution in [0.1, 0.15) is 0 Å². The third kappa shape index (κ3) is 4.72. The number of hydrogen-bond donors (Lipinski definition) is 0. The molecule has 0 radical (unpaired) electrons. The first kappa shape index (κ1) is 28.2. The quantitative estimate of drug-likeness (QED) is 0.183. The standard InChI is InChI=1S/C45H28N2S2/c1-2-9-32-28-33(18-17-29(32)8-1)30-19-23-34(24-20-30)47(40-14-6-16-42-43(40)39-10-3-4-15-41(39)48-42)35-25-21-31(22-26-35)36-11-5-12-37-38-13-7-27-46-45(38)49-44(36)37/h1-28H. The molecule has 3 heterocycles. The molecule has 0 aliphatic heterocycles. The van der Waals surface area contributed by atoms with Gasteiger partial charge in [0.25, 0.3) is 0 Å². The summed E-state index contributed by atoms with van der Waals surface area (Å²) in [5, 5.41) is 7.57. The van der Waals surface area contributed by atoms with E-state index >= 15 is 0 Å². The highest BCUT2D eigenvalue weighted by Gasteiger charge is 2.19. The van der Waals surface area contributed by atoms with E-state index in [0.717, 1.165) is 16.2 Å². The lowest BCUT2D eigenvalue weighted by molar-refractivity contribution is 1.30. The minimum atomic E-state index is 1.08. The summed E-state index contributed by atoms with van der Waals surface area (Å²) < 4.78 is 3.87. The Morgan fingerprint density at radius 1 is 0.449 bits per heavy atom. The van der Waals surface area contributed by atoms with Gasteiger partial charge >= 0.3 is 0 Å². The molecule has 230 valence electrons. The second-order valence-corrected chi connectivity index (χ2v) is 14.5. The molecule has 0 N–H and O–H groups in total. The zero-order chi connectivity index (χ0) is 32.3. The van der Waals surface area contributed by atoms with E-state index in [2.05, 4.69) is 168 Å². The van der Waals surface area contributed by atoms with Crippen molar-refractivity contribution < 1.29 is 0 Å². The van der Waals surface area contributed by atoms with Gasteiger partial charge in [-0.25, -0.2) is 4.98 Å². The molecule has 0 fully saturated rings. The van der Waals surface area contributed by atoms with E-state index in [-0.39, 0.29) is 0 Å². The molecule has 4 heteroatoms. The van der Waals surface area contributed by atoms with Crippen LogP contribution in [0.5, 0.6) is 0 Å². The topological polar surface area (TPSA) is 16.1 Å². The minimum absolute atomic E-state index is 1.08. The van der Waals surface area contributed by atoms with Crippen molar-refractivity contribution >= 4 is 91.0 Å². The lowest BCUT2D eigenvalue weighted by atomic mass is 10.00. The van der Waals surface area contributed by atoms with E-state index in [1.807, 2.05) is 23.6 Å². The van der Waals surface area contributed by atoms with Crippen molar-refractivity contribution in [1.82, 2.24) is 4.98 Å². The second kappa shape index (κ2) is 11.4. The Morgan fingerprint density at radius 2 is 1.12 bits per heavy atom. The summed E-state index contributed by atoms with van der Waals surface area (Å²) in [6, 6.07) is 59.6. The first-order chi connectivity index (χ1) is 24.3. The van der Waals surface area contributed by atoms with Crippen molar-refractivity contribution in [2.24, 2.45) is 0 Å². The molecule has 2 nitrogen and oxygen atoms in total.